The van der Waals surface area contributed by atoms with Crippen LogP contribution in [0.3, 0.4) is 0 Å². The Labute approximate surface area is 130 Å². The predicted octanol–water partition coefficient (Wildman–Crippen LogP) is 2.70. The van der Waals surface area contributed by atoms with Crippen molar-refractivity contribution in [3.05, 3.63) is 16.6 Å². The summed E-state index contributed by atoms with van der Waals surface area (Å²) < 4.78 is 0. The van der Waals surface area contributed by atoms with Crippen LogP contribution in [0.4, 0.5) is 0 Å². The lowest BCUT2D eigenvalue weighted by atomic mass is 10.0. The maximum atomic E-state index is 12.1. The lowest BCUT2D eigenvalue weighted by Crippen LogP contribution is -2.47. The van der Waals surface area contributed by atoms with Crippen LogP contribution in [0.5, 0.6) is 0 Å². The van der Waals surface area contributed by atoms with E-state index in [0.717, 1.165) is 30.8 Å². The van der Waals surface area contributed by atoms with Crippen LogP contribution in [0.15, 0.2) is 11.6 Å². The van der Waals surface area contributed by atoms with Gasteiger partial charge in [0.25, 0.3) is 0 Å². The minimum atomic E-state index is -0.0160. The van der Waals surface area contributed by atoms with E-state index in [1.54, 1.807) is 17.5 Å². The molecular formula is C12H21Cl2N3OS. The summed E-state index contributed by atoms with van der Waals surface area (Å²) in [5, 5.41) is 9.29. The van der Waals surface area contributed by atoms with Crippen molar-refractivity contribution in [3.63, 3.8) is 0 Å². The maximum absolute atomic E-state index is 12.1. The zero-order valence-corrected chi connectivity index (χ0v) is 13.4. The van der Waals surface area contributed by atoms with Crippen LogP contribution in [0.25, 0.3) is 0 Å². The van der Waals surface area contributed by atoms with Gasteiger partial charge >= 0.3 is 0 Å². The van der Waals surface area contributed by atoms with Crippen LogP contribution in [0.2, 0.25) is 0 Å². The third-order valence-corrected chi connectivity index (χ3v) is 3.99. The number of amides is 1. The third-order valence-electron chi connectivity index (χ3n) is 3.10. The molecule has 0 spiro atoms. The minimum Gasteiger partial charge on any atom is -0.346 e. The largest absolute Gasteiger partial charge is 0.346 e. The van der Waals surface area contributed by atoms with E-state index < -0.39 is 0 Å². The van der Waals surface area contributed by atoms with Crippen molar-refractivity contribution in [1.29, 1.82) is 0 Å². The number of nitrogens with one attached hydrogen (secondary N) is 2. The van der Waals surface area contributed by atoms with Crippen molar-refractivity contribution in [1.82, 2.24) is 15.6 Å². The van der Waals surface area contributed by atoms with E-state index in [4.69, 9.17) is 0 Å². The number of nitrogens with zero attached hydrogens (tertiary/aromatic N) is 1. The zero-order valence-electron chi connectivity index (χ0n) is 10.9. The molecule has 2 rings (SSSR count). The number of halogens is 2. The Morgan fingerprint density at radius 1 is 1.58 bits per heavy atom. The lowest BCUT2D eigenvalue weighted by molar-refractivity contribution is -0.124. The van der Waals surface area contributed by atoms with Gasteiger partial charge in [0, 0.05) is 11.6 Å². The molecule has 1 saturated heterocycles. The number of hydrogen-bond donors (Lipinski definition) is 2. The van der Waals surface area contributed by atoms with Gasteiger partial charge in [-0.05, 0) is 25.8 Å². The second-order valence-electron chi connectivity index (χ2n) is 4.34. The summed E-state index contributed by atoms with van der Waals surface area (Å²) in [7, 11) is 0. The maximum Gasteiger partial charge on any atom is 0.237 e. The van der Waals surface area contributed by atoms with Gasteiger partial charge in [0.1, 0.15) is 5.01 Å². The van der Waals surface area contributed by atoms with Crippen LogP contribution in [-0.4, -0.2) is 23.5 Å². The highest BCUT2D eigenvalue weighted by molar-refractivity contribution is 7.09. The Morgan fingerprint density at radius 2 is 2.37 bits per heavy atom. The van der Waals surface area contributed by atoms with Crippen molar-refractivity contribution in [2.24, 2.45) is 0 Å². The first-order chi connectivity index (χ1) is 8.31. The lowest BCUT2D eigenvalue weighted by Gasteiger charge is -2.24. The Balaban J connectivity index is 0.00000162. The van der Waals surface area contributed by atoms with Crippen LogP contribution < -0.4 is 10.6 Å². The Hall–Kier alpha value is -0.360. The molecule has 1 unspecified atom stereocenters. The monoisotopic (exact) mass is 325 g/mol. The molecule has 2 atom stereocenters. The van der Waals surface area contributed by atoms with Gasteiger partial charge in [-0.25, -0.2) is 4.98 Å². The van der Waals surface area contributed by atoms with Crippen molar-refractivity contribution in [3.8, 4) is 0 Å². The van der Waals surface area contributed by atoms with Crippen molar-refractivity contribution < 1.29 is 4.79 Å². The fourth-order valence-electron chi connectivity index (χ4n) is 2.09. The SMILES string of the molecule is CCC(NC(=O)[C@@H]1CCCCN1)c1nccs1.Cl.Cl. The molecule has 2 N–H and O–H groups in total. The molecule has 0 saturated carbocycles. The highest BCUT2D eigenvalue weighted by Gasteiger charge is 2.23. The summed E-state index contributed by atoms with van der Waals surface area (Å²) in [5.74, 6) is 0.117. The molecule has 1 aliphatic heterocycles. The molecule has 0 radical (unpaired) electrons. The van der Waals surface area contributed by atoms with Crippen molar-refractivity contribution in [2.75, 3.05) is 6.54 Å². The average molecular weight is 326 g/mol. The van der Waals surface area contributed by atoms with Crippen molar-refractivity contribution >= 4 is 42.1 Å². The topological polar surface area (TPSA) is 54.0 Å². The molecule has 4 nitrogen and oxygen atoms in total. The van der Waals surface area contributed by atoms with Gasteiger partial charge in [0.15, 0.2) is 0 Å². The quantitative estimate of drug-likeness (QED) is 0.894. The normalized spacial score (nSPS) is 19.7. The van der Waals surface area contributed by atoms with Gasteiger partial charge in [-0.3, -0.25) is 4.79 Å². The molecule has 7 heteroatoms. The molecule has 0 aliphatic carbocycles. The number of thiazole rings is 1. The van der Waals surface area contributed by atoms with Crippen LogP contribution in [0.1, 0.15) is 43.7 Å². The molecule has 19 heavy (non-hydrogen) atoms. The summed E-state index contributed by atoms with van der Waals surface area (Å²) in [6, 6.07) is 0.0454. The van der Waals surface area contributed by atoms with E-state index in [2.05, 4.69) is 22.5 Å². The number of aromatic nitrogens is 1. The van der Waals surface area contributed by atoms with Gasteiger partial charge in [-0.15, -0.1) is 36.2 Å². The molecule has 110 valence electrons. The van der Waals surface area contributed by atoms with Crippen LogP contribution in [-0.2, 0) is 4.79 Å². The molecule has 2 heterocycles. The van der Waals surface area contributed by atoms with E-state index in [9.17, 15) is 4.79 Å². The molecule has 1 aromatic heterocycles. The van der Waals surface area contributed by atoms with E-state index >= 15 is 0 Å². The number of piperidine rings is 1. The Kier molecular flexibility index (Phi) is 9.35. The summed E-state index contributed by atoms with van der Waals surface area (Å²) in [4.78, 5) is 16.3. The Morgan fingerprint density at radius 3 is 2.89 bits per heavy atom. The summed E-state index contributed by atoms with van der Waals surface area (Å²) >= 11 is 1.60. The number of hydrogen-bond acceptors (Lipinski definition) is 4. The first-order valence-electron chi connectivity index (χ1n) is 6.24. The first-order valence-corrected chi connectivity index (χ1v) is 7.12. The molecule has 1 aliphatic rings. The van der Waals surface area contributed by atoms with E-state index in [0.29, 0.717) is 0 Å². The minimum absolute atomic E-state index is 0. The smallest absolute Gasteiger partial charge is 0.237 e. The molecule has 0 bridgehead atoms. The van der Waals surface area contributed by atoms with Gasteiger partial charge in [0.05, 0.1) is 12.1 Å². The van der Waals surface area contributed by atoms with Gasteiger partial charge in [0.2, 0.25) is 5.91 Å². The molecule has 1 fully saturated rings. The van der Waals surface area contributed by atoms with Gasteiger partial charge < -0.3 is 10.6 Å². The Bertz CT molecular complexity index is 356. The summed E-state index contributed by atoms with van der Waals surface area (Å²) in [6.45, 7) is 3.02. The number of carbonyl (C=O) groups is 1. The molecule has 0 aromatic carbocycles. The average Bonchev–Trinajstić information content (AvgIpc) is 2.90. The van der Waals surface area contributed by atoms with E-state index in [1.807, 2.05) is 5.38 Å². The highest BCUT2D eigenvalue weighted by Crippen LogP contribution is 2.19. The standard InChI is InChI=1S/C12H19N3OS.2ClH/c1-2-9(12-14-7-8-17-12)15-11(16)10-5-3-4-6-13-10;;/h7-10,13H,2-6H2,1H3,(H,15,16);2*1H/t9?,10-;;/m0../s1. The zero-order chi connectivity index (χ0) is 12.1. The van der Waals surface area contributed by atoms with Crippen LogP contribution >= 0.6 is 36.2 Å². The van der Waals surface area contributed by atoms with Crippen molar-refractivity contribution in [2.45, 2.75) is 44.7 Å². The fraction of sp³-hybridized carbons (Fsp3) is 0.667. The van der Waals surface area contributed by atoms with Crippen LogP contribution in [0, 0.1) is 0 Å². The van der Waals surface area contributed by atoms with Gasteiger partial charge in [-0.2, -0.15) is 0 Å². The van der Waals surface area contributed by atoms with Gasteiger partial charge in [-0.1, -0.05) is 13.3 Å². The summed E-state index contributed by atoms with van der Waals surface area (Å²) in [6.07, 6.45) is 5.92. The number of carbonyl (C=O) groups excluding carboxylic acids is 1. The molecule has 1 amide bonds. The number of rotatable bonds is 4. The van der Waals surface area contributed by atoms with E-state index in [1.165, 1.54) is 6.42 Å². The first kappa shape index (κ1) is 18.6. The molecule has 1 aromatic rings. The predicted molar refractivity (Wildman–Crippen MR) is 83.4 cm³/mol. The second-order valence-corrected chi connectivity index (χ2v) is 5.27. The highest BCUT2D eigenvalue weighted by atomic mass is 35.5. The van der Waals surface area contributed by atoms with E-state index in [-0.39, 0.29) is 42.8 Å². The second kappa shape index (κ2) is 9.53. The fourth-order valence-corrected chi connectivity index (χ4v) is 2.87. The third kappa shape index (κ3) is 5.26. The summed E-state index contributed by atoms with van der Waals surface area (Å²) in [5.41, 5.74) is 0. The molecular weight excluding hydrogens is 305 g/mol.